The third-order valence-electron chi connectivity index (χ3n) is 3.30. The average molecular weight is 285 g/mol. The summed E-state index contributed by atoms with van der Waals surface area (Å²) in [5.41, 5.74) is 8.67. The van der Waals surface area contributed by atoms with Crippen LogP contribution in [0.3, 0.4) is 0 Å². The molecule has 0 heterocycles. The van der Waals surface area contributed by atoms with E-state index in [1.165, 1.54) is 0 Å². The number of nitrogens with two attached hydrogens (primary N) is 1. The van der Waals surface area contributed by atoms with Crippen LogP contribution in [0.15, 0.2) is 42.5 Å². The fourth-order valence-electron chi connectivity index (χ4n) is 2.11. The first kappa shape index (κ1) is 14.7. The average Bonchev–Trinajstić information content (AvgIpc) is 2.53. The molecule has 0 unspecified atom stereocenters. The summed E-state index contributed by atoms with van der Waals surface area (Å²) in [4.78, 5) is 13.9. The van der Waals surface area contributed by atoms with Crippen molar-refractivity contribution in [3.8, 4) is 5.75 Å². The molecule has 0 saturated carbocycles. The van der Waals surface area contributed by atoms with Gasteiger partial charge in [0, 0.05) is 31.5 Å². The molecule has 0 aliphatic carbocycles. The van der Waals surface area contributed by atoms with Crippen LogP contribution in [0.25, 0.3) is 0 Å². The number of hydrogen-bond donors (Lipinski definition) is 2. The van der Waals surface area contributed by atoms with Gasteiger partial charge in [0.2, 0.25) is 0 Å². The van der Waals surface area contributed by atoms with Gasteiger partial charge in [0.05, 0.1) is 18.4 Å². The lowest BCUT2D eigenvalue weighted by Crippen LogP contribution is -2.22. The molecule has 5 nitrogen and oxygen atoms in total. The maximum Gasteiger partial charge on any atom is 0.253 e. The second kappa shape index (κ2) is 6.17. The van der Waals surface area contributed by atoms with Gasteiger partial charge in [0.1, 0.15) is 5.75 Å². The minimum atomic E-state index is -0.153. The molecule has 0 fully saturated rings. The standard InChI is InChI=1S/C16H19N3O2/c1-18-16(20)14-8-7-11(17)9-15(14)19(2)12-5-4-6-13(10-12)21-3/h4-10H,17H2,1-3H3,(H,18,20). The Labute approximate surface area is 124 Å². The summed E-state index contributed by atoms with van der Waals surface area (Å²) in [6, 6.07) is 12.8. The minimum Gasteiger partial charge on any atom is -0.497 e. The van der Waals surface area contributed by atoms with Gasteiger partial charge in [-0.3, -0.25) is 4.79 Å². The van der Waals surface area contributed by atoms with E-state index in [1.807, 2.05) is 36.2 Å². The highest BCUT2D eigenvalue weighted by atomic mass is 16.5. The third kappa shape index (κ3) is 3.08. The monoisotopic (exact) mass is 285 g/mol. The molecule has 0 atom stereocenters. The lowest BCUT2D eigenvalue weighted by atomic mass is 10.1. The van der Waals surface area contributed by atoms with E-state index in [4.69, 9.17) is 10.5 Å². The maximum atomic E-state index is 12.0. The van der Waals surface area contributed by atoms with Crippen molar-refractivity contribution in [2.24, 2.45) is 0 Å². The van der Waals surface area contributed by atoms with Crippen LogP contribution < -0.4 is 20.7 Å². The highest BCUT2D eigenvalue weighted by Gasteiger charge is 2.15. The van der Waals surface area contributed by atoms with E-state index < -0.39 is 0 Å². The number of anilines is 3. The molecule has 0 aromatic heterocycles. The highest BCUT2D eigenvalue weighted by molar-refractivity contribution is 6.01. The Morgan fingerprint density at radius 2 is 2.00 bits per heavy atom. The van der Waals surface area contributed by atoms with Crippen LogP contribution in [-0.4, -0.2) is 27.1 Å². The first-order chi connectivity index (χ1) is 10.1. The molecule has 0 radical (unpaired) electrons. The summed E-state index contributed by atoms with van der Waals surface area (Å²) in [7, 11) is 5.11. The van der Waals surface area contributed by atoms with Crippen LogP contribution in [0, 0.1) is 0 Å². The van der Waals surface area contributed by atoms with Crippen molar-refractivity contribution in [3.63, 3.8) is 0 Å². The molecule has 3 N–H and O–H groups in total. The minimum absolute atomic E-state index is 0.153. The predicted molar refractivity (Wildman–Crippen MR) is 85.3 cm³/mol. The lowest BCUT2D eigenvalue weighted by molar-refractivity contribution is 0.0963. The smallest absolute Gasteiger partial charge is 0.253 e. The van der Waals surface area contributed by atoms with Crippen molar-refractivity contribution in [2.45, 2.75) is 0 Å². The molecule has 0 aliphatic heterocycles. The Hall–Kier alpha value is -2.69. The Morgan fingerprint density at radius 3 is 2.67 bits per heavy atom. The van der Waals surface area contributed by atoms with E-state index in [9.17, 15) is 4.79 Å². The molecular formula is C16H19N3O2. The molecule has 0 saturated heterocycles. The zero-order chi connectivity index (χ0) is 15.4. The van der Waals surface area contributed by atoms with Crippen LogP contribution in [0.5, 0.6) is 5.75 Å². The van der Waals surface area contributed by atoms with Gasteiger partial charge in [0.15, 0.2) is 0 Å². The third-order valence-corrected chi connectivity index (χ3v) is 3.30. The zero-order valence-electron chi connectivity index (χ0n) is 12.4. The molecular weight excluding hydrogens is 266 g/mol. The molecule has 0 spiro atoms. The molecule has 110 valence electrons. The van der Waals surface area contributed by atoms with Gasteiger partial charge in [-0.25, -0.2) is 0 Å². The molecule has 2 aromatic rings. The molecule has 0 aliphatic rings. The number of carbonyl (C=O) groups is 1. The summed E-state index contributed by atoms with van der Waals surface area (Å²) in [5, 5.41) is 2.64. The summed E-state index contributed by atoms with van der Waals surface area (Å²) in [6.45, 7) is 0. The number of methoxy groups -OCH3 is 1. The fraction of sp³-hybridized carbons (Fsp3) is 0.188. The van der Waals surface area contributed by atoms with E-state index in [1.54, 1.807) is 32.4 Å². The van der Waals surface area contributed by atoms with Gasteiger partial charge >= 0.3 is 0 Å². The van der Waals surface area contributed by atoms with Crippen LogP contribution in [-0.2, 0) is 0 Å². The Bertz CT molecular complexity index is 656. The van der Waals surface area contributed by atoms with E-state index >= 15 is 0 Å². The maximum absolute atomic E-state index is 12.0. The van der Waals surface area contributed by atoms with Crippen molar-refractivity contribution in [2.75, 3.05) is 31.8 Å². The van der Waals surface area contributed by atoms with E-state index in [0.29, 0.717) is 11.3 Å². The van der Waals surface area contributed by atoms with Crippen molar-refractivity contribution in [3.05, 3.63) is 48.0 Å². The van der Waals surface area contributed by atoms with Crippen LogP contribution >= 0.6 is 0 Å². The van der Waals surface area contributed by atoms with Gasteiger partial charge in [-0.05, 0) is 30.3 Å². The first-order valence-electron chi connectivity index (χ1n) is 6.56. The molecule has 2 rings (SSSR count). The zero-order valence-corrected chi connectivity index (χ0v) is 12.4. The number of nitrogens with zero attached hydrogens (tertiary/aromatic N) is 1. The van der Waals surface area contributed by atoms with Gasteiger partial charge < -0.3 is 20.7 Å². The summed E-state index contributed by atoms with van der Waals surface area (Å²) >= 11 is 0. The quantitative estimate of drug-likeness (QED) is 0.847. The number of ether oxygens (including phenoxy) is 1. The summed E-state index contributed by atoms with van der Waals surface area (Å²) in [6.07, 6.45) is 0. The predicted octanol–water partition coefficient (Wildman–Crippen LogP) is 2.40. The van der Waals surface area contributed by atoms with E-state index in [2.05, 4.69) is 5.32 Å². The SMILES string of the molecule is CNC(=O)c1ccc(N)cc1N(C)c1cccc(OC)c1. The fourth-order valence-corrected chi connectivity index (χ4v) is 2.11. The second-order valence-corrected chi connectivity index (χ2v) is 4.62. The number of nitrogen functional groups attached to an aromatic ring is 1. The van der Waals surface area contributed by atoms with Crippen LogP contribution in [0.2, 0.25) is 0 Å². The number of benzene rings is 2. The molecule has 5 heteroatoms. The van der Waals surface area contributed by atoms with Crippen molar-refractivity contribution < 1.29 is 9.53 Å². The molecule has 0 bridgehead atoms. The largest absolute Gasteiger partial charge is 0.497 e. The second-order valence-electron chi connectivity index (χ2n) is 4.62. The first-order valence-corrected chi connectivity index (χ1v) is 6.56. The Balaban J connectivity index is 2.48. The van der Waals surface area contributed by atoms with E-state index in [-0.39, 0.29) is 5.91 Å². The van der Waals surface area contributed by atoms with Crippen LogP contribution in [0.4, 0.5) is 17.1 Å². The van der Waals surface area contributed by atoms with E-state index in [0.717, 1.165) is 17.1 Å². The molecule has 1 amide bonds. The number of nitrogens with one attached hydrogen (secondary N) is 1. The number of rotatable bonds is 4. The highest BCUT2D eigenvalue weighted by Crippen LogP contribution is 2.30. The topological polar surface area (TPSA) is 67.6 Å². The molecule has 2 aromatic carbocycles. The van der Waals surface area contributed by atoms with Gasteiger partial charge in [-0.1, -0.05) is 6.07 Å². The Kier molecular flexibility index (Phi) is 4.33. The lowest BCUT2D eigenvalue weighted by Gasteiger charge is -2.23. The molecule has 21 heavy (non-hydrogen) atoms. The van der Waals surface area contributed by atoms with Gasteiger partial charge in [0.25, 0.3) is 5.91 Å². The number of amides is 1. The Morgan fingerprint density at radius 1 is 1.24 bits per heavy atom. The normalized spacial score (nSPS) is 10.0. The van der Waals surface area contributed by atoms with Crippen molar-refractivity contribution in [1.82, 2.24) is 5.32 Å². The van der Waals surface area contributed by atoms with Crippen molar-refractivity contribution in [1.29, 1.82) is 0 Å². The summed E-state index contributed by atoms with van der Waals surface area (Å²) in [5.74, 6) is 0.601. The summed E-state index contributed by atoms with van der Waals surface area (Å²) < 4.78 is 5.23. The van der Waals surface area contributed by atoms with Crippen molar-refractivity contribution >= 4 is 23.0 Å². The number of carbonyl (C=O) groups excluding carboxylic acids is 1. The van der Waals surface area contributed by atoms with Crippen LogP contribution in [0.1, 0.15) is 10.4 Å². The number of hydrogen-bond acceptors (Lipinski definition) is 4. The van der Waals surface area contributed by atoms with Gasteiger partial charge in [-0.2, -0.15) is 0 Å². The van der Waals surface area contributed by atoms with Gasteiger partial charge in [-0.15, -0.1) is 0 Å².